The van der Waals surface area contributed by atoms with E-state index >= 15 is 0 Å². The number of hydrogen-bond donors (Lipinski definition) is 0. The lowest BCUT2D eigenvalue weighted by Gasteiger charge is -2.21. The molecule has 0 fully saturated rings. The molecule has 0 saturated heterocycles. The topological polar surface area (TPSA) is 35.6 Å². The highest BCUT2D eigenvalue weighted by Crippen LogP contribution is 2.52. The minimum atomic E-state index is -0.0476. The molecule has 2 heterocycles. The predicted octanol–water partition coefficient (Wildman–Crippen LogP) is 13.3. The molecule has 270 valence electrons. The second-order valence-electron chi connectivity index (χ2n) is 15.5. The molecule has 0 atom stereocenters. The first kappa shape index (κ1) is 33.1. The van der Waals surface area contributed by atoms with Crippen LogP contribution in [0.5, 0.6) is 0 Å². The summed E-state index contributed by atoms with van der Waals surface area (Å²) in [4.78, 5) is 0. The fourth-order valence-corrected chi connectivity index (χ4v) is 9.10. The Kier molecular flexibility index (Phi) is 7.48. The maximum atomic E-state index is 4.68. The van der Waals surface area contributed by atoms with Crippen LogP contribution < -0.4 is 0 Å². The molecule has 0 saturated carbocycles. The molecule has 0 radical (unpaired) electrons. The lowest BCUT2D eigenvalue weighted by molar-refractivity contribution is 0.660. The summed E-state index contributed by atoms with van der Waals surface area (Å²) in [5.74, 6) is 1.62. The Morgan fingerprint density at radius 1 is 0.368 bits per heavy atom. The minimum Gasteiger partial charge on any atom is -0.309 e. The number of benzene rings is 8. The van der Waals surface area contributed by atoms with Crippen molar-refractivity contribution < 1.29 is 0 Å². The van der Waals surface area contributed by atoms with Gasteiger partial charge in [-0.3, -0.25) is 4.57 Å². The van der Waals surface area contributed by atoms with Crippen LogP contribution in [0.25, 0.3) is 89.3 Å². The highest BCUT2D eigenvalue weighted by molar-refractivity contribution is 6.12. The van der Waals surface area contributed by atoms with Gasteiger partial charge in [-0.05, 0) is 87.0 Å². The van der Waals surface area contributed by atoms with E-state index in [2.05, 4.69) is 191 Å². The molecule has 0 spiro atoms. The van der Waals surface area contributed by atoms with Crippen LogP contribution >= 0.6 is 0 Å². The number of hydrogen-bond acceptors (Lipinski definition) is 2. The lowest BCUT2D eigenvalue weighted by atomic mass is 9.82. The smallest absolute Gasteiger partial charge is 0.168 e. The number of rotatable bonds is 6. The number of aromatic nitrogens is 4. The average Bonchev–Trinajstić information content (AvgIpc) is 3.93. The molecule has 1 aliphatic rings. The Morgan fingerprint density at radius 3 is 1.63 bits per heavy atom. The number of para-hydroxylation sites is 1. The maximum Gasteiger partial charge on any atom is 0.168 e. The Labute approximate surface area is 332 Å². The van der Waals surface area contributed by atoms with Gasteiger partial charge in [0.25, 0.3) is 0 Å². The standard InChI is InChI=1S/C53H38N4/c1-53(2)46-23-13-12-21-44(46)50-42(22-14-24-47(50)53)39-28-32-48-45(33-39)43-31-27-38(34-49(43)56(48)40-19-10-5-11-20-40)35-25-29-41(30-26-35)57-51(36-15-6-3-7-16-36)54-55-52(57)37-17-8-4-9-18-37/h3-34H,1-2H3. The molecule has 4 nitrogen and oxygen atoms in total. The van der Waals surface area contributed by atoms with E-state index in [9.17, 15) is 0 Å². The van der Waals surface area contributed by atoms with E-state index in [0.717, 1.165) is 45.3 Å². The van der Waals surface area contributed by atoms with Crippen molar-refractivity contribution >= 4 is 21.8 Å². The summed E-state index contributed by atoms with van der Waals surface area (Å²) in [5.41, 5.74) is 16.8. The van der Waals surface area contributed by atoms with Gasteiger partial charge in [-0.2, -0.15) is 0 Å². The second kappa shape index (κ2) is 12.9. The molecule has 0 amide bonds. The van der Waals surface area contributed by atoms with Crippen LogP contribution in [-0.4, -0.2) is 19.3 Å². The van der Waals surface area contributed by atoms with E-state index in [1.807, 2.05) is 36.4 Å². The molecule has 1 aliphatic carbocycles. The van der Waals surface area contributed by atoms with Gasteiger partial charge in [0, 0.05) is 38.7 Å². The zero-order valence-electron chi connectivity index (χ0n) is 31.8. The van der Waals surface area contributed by atoms with Crippen molar-refractivity contribution in [2.75, 3.05) is 0 Å². The van der Waals surface area contributed by atoms with E-state index in [-0.39, 0.29) is 5.41 Å². The largest absolute Gasteiger partial charge is 0.309 e. The molecule has 0 N–H and O–H groups in total. The fraction of sp³-hybridized carbons (Fsp3) is 0.0566. The van der Waals surface area contributed by atoms with Crippen LogP contribution in [0.4, 0.5) is 0 Å². The van der Waals surface area contributed by atoms with Crippen molar-refractivity contribution in [2.45, 2.75) is 19.3 Å². The first-order valence-corrected chi connectivity index (χ1v) is 19.6. The quantitative estimate of drug-likeness (QED) is 0.171. The van der Waals surface area contributed by atoms with Gasteiger partial charge in [-0.1, -0.05) is 166 Å². The highest BCUT2D eigenvalue weighted by Gasteiger charge is 2.36. The molecule has 10 aromatic rings. The van der Waals surface area contributed by atoms with Gasteiger partial charge in [0.15, 0.2) is 11.6 Å². The third-order valence-electron chi connectivity index (χ3n) is 11.9. The first-order valence-electron chi connectivity index (χ1n) is 19.6. The molecule has 57 heavy (non-hydrogen) atoms. The average molecular weight is 731 g/mol. The highest BCUT2D eigenvalue weighted by atomic mass is 15.3. The van der Waals surface area contributed by atoms with Crippen molar-refractivity contribution in [2.24, 2.45) is 0 Å². The molecule has 2 aromatic heterocycles. The van der Waals surface area contributed by atoms with Crippen LogP contribution in [0, 0.1) is 0 Å². The third kappa shape index (κ3) is 5.22. The van der Waals surface area contributed by atoms with Gasteiger partial charge in [0.05, 0.1) is 11.0 Å². The summed E-state index contributed by atoms with van der Waals surface area (Å²) < 4.78 is 4.57. The molecule has 11 rings (SSSR count). The monoisotopic (exact) mass is 730 g/mol. The zero-order chi connectivity index (χ0) is 38.1. The van der Waals surface area contributed by atoms with Crippen molar-refractivity contribution in [1.82, 2.24) is 19.3 Å². The number of fused-ring (bicyclic) bond motifs is 6. The first-order chi connectivity index (χ1) is 28.0. The minimum absolute atomic E-state index is 0.0476. The van der Waals surface area contributed by atoms with Crippen molar-refractivity contribution in [3.63, 3.8) is 0 Å². The molecular formula is C53H38N4. The van der Waals surface area contributed by atoms with E-state index in [4.69, 9.17) is 0 Å². The SMILES string of the molecule is CC1(C)c2ccccc2-c2c(-c3ccc4c(c3)c3ccc(-c5ccc(-n6c(-c7ccccc7)nnc6-c6ccccc6)cc5)cc3n4-c3ccccc3)cccc21. The maximum absolute atomic E-state index is 4.68. The number of nitrogens with zero attached hydrogens (tertiary/aromatic N) is 4. The van der Waals surface area contributed by atoms with E-state index in [1.54, 1.807) is 0 Å². The second-order valence-corrected chi connectivity index (χ2v) is 15.5. The summed E-state index contributed by atoms with van der Waals surface area (Å²) in [6.45, 7) is 4.70. The van der Waals surface area contributed by atoms with E-state index in [0.29, 0.717) is 0 Å². The molecule has 8 aromatic carbocycles. The van der Waals surface area contributed by atoms with Crippen LogP contribution in [0.3, 0.4) is 0 Å². The van der Waals surface area contributed by atoms with Crippen molar-refractivity contribution in [3.8, 4) is 67.5 Å². The van der Waals surface area contributed by atoms with Gasteiger partial charge in [-0.15, -0.1) is 10.2 Å². The Bertz CT molecular complexity index is 3060. The van der Waals surface area contributed by atoms with Gasteiger partial charge >= 0.3 is 0 Å². The van der Waals surface area contributed by atoms with Crippen LogP contribution in [-0.2, 0) is 5.41 Å². The van der Waals surface area contributed by atoms with Gasteiger partial charge < -0.3 is 4.57 Å². The lowest BCUT2D eigenvalue weighted by Crippen LogP contribution is -2.14. The van der Waals surface area contributed by atoms with Crippen molar-refractivity contribution in [3.05, 3.63) is 205 Å². The predicted molar refractivity (Wildman–Crippen MR) is 235 cm³/mol. The van der Waals surface area contributed by atoms with Crippen LogP contribution in [0.1, 0.15) is 25.0 Å². The summed E-state index contributed by atoms with van der Waals surface area (Å²) in [6.07, 6.45) is 0. The van der Waals surface area contributed by atoms with E-state index in [1.165, 1.54) is 55.2 Å². The normalized spacial score (nSPS) is 12.9. The third-order valence-corrected chi connectivity index (χ3v) is 11.9. The van der Waals surface area contributed by atoms with Gasteiger partial charge in [0.1, 0.15) is 0 Å². The molecule has 0 bridgehead atoms. The summed E-state index contributed by atoms with van der Waals surface area (Å²) in [7, 11) is 0. The molecule has 0 unspecified atom stereocenters. The molecule has 4 heteroatoms. The Hall–Kier alpha value is -7.30. The van der Waals surface area contributed by atoms with Crippen LogP contribution in [0.15, 0.2) is 194 Å². The van der Waals surface area contributed by atoms with E-state index < -0.39 is 0 Å². The zero-order valence-corrected chi connectivity index (χ0v) is 31.8. The van der Waals surface area contributed by atoms with Gasteiger partial charge in [0.2, 0.25) is 0 Å². The Morgan fingerprint density at radius 2 is 0.930 bits per heavy atom. The summed E-state index contributed by atoms with van der Waals surface area (Å²) in [6, 6.07) is 69.7. The Balaban J connectivity index is 1.05. The summed E-state index contributed by atoms with van der Waals surface area (Å²) in [5, 5.41) is 11.8. The van der Waals surface area contributed by atoms with Crippen LogP contribution in [0.2, 0.25) is 0 Å². The van der Waals surface area contributed by atoms with Gasteiger partial charge in [-0.25, -0.2) is 0 Å². The van der Waals surface area contributed by atoms with Crippen molar-refractivity contribution in [1.29, 1.82) is 0 Å². The fourth-order valence-electron chi connectivity index (χ4n) is 9.10. The molecular weight excluding hydrogens is 693 g/mol. The summed E-state index contributed by atoms with van der Waals surface area (Å²) >= 11 is 0. The molecule has 0 aliphatic heterocycles.